The van der Waals surface area contributed by atoms with E-state index in [0.717, 1.165) is 12.2 Å². The van der Waals surface area contributed by atoms with E-state index in [4.69, 9.17) is 4.42 Å². The van der Waals surface area contributed by atoms with E-state index < -0.39 is 0 Å². The summed E-state index contributed by atoms with van der Waals surface area (Å²) >= 11 is 0. The van der Waals surface area contributed by atoms with Crippen molar-refractivity contribution >= 4 is 5.78 Å². The predicted molar refractivity (Wildman–Crippen MR) is 40.2 cm³/mol. The molecule has 0 aromatic carbocycles. The number of Topliss-reactive ketones (excluding diaryl/α,β-unsaturated/α-hetero) is 1. The highest BCUT2D eigenvalue weighted by Crippen LogP contribution is 2.47. The first-order chi connectivity index (χ1) is 5.29. The van der Waals surface area contributed by atoms with Crippen LogP contribution in [0.5, 0.6) is 0 Å². The van der Waals surface area contributed by atoms with Gasteiger partial charge in [-0.1, -0.05) is 0 Å². The minimum absolute atomic E-state index is 0.237. The van der Waals surface area contributed by atoms with E-state index in [-0.39, 0.29) is 11.7 Å². The Morgan fingerprint density at radius 1 is 1.73 bits per heavy atom. The molecule has 0 spiro atoms. The number of carbonyl (C=O) groups is 1. The van der Waals surface area contributed by atoms with Crippen LogP contribution in [0.3, 0.4) is 0 Å². The average Bonchev–Trinajstić information content (AvgIpc) is 2.60. The van der Waals surface area contributed by atoms with Gasteiger partial charge in [0.05, 0.1) is 6.26 Å². The molecule has 2 atom stereocenters. The minimum atomic E-state index is 0.237. The van der Waals surface area contributed by atoms with E-state index in [0.29, 0.717) is 5.92 Å². The number of hydrogen-bond donors (Lipinski definition) is 0. The van der Waals surface area contributed by atoms with Crippen LogP contribution in [-0.4, -0.2) is 5.78 Å². The molecule has 0 aliphatic heterocycles. The van der Waals surface area contributed by atoms with Gasteiger partial charge in [0.15, 0.2) is 0 Å². The summed E-state index contributed by atoms with van der Waals surface area (Å²) in [6, 6.07) is 3.80. The standard InChI is InChI=1S/C9H10O2/c1-6(10)7-5-8(7)9-3-2-4-11-9/h2-4,7-8H,5H2,1H3/t7-,8-/m1/s1. The van der Waals surface area contributed by atoms with Crippen LogP contribution >= 0.6 is 0 Å². The van der Waals surface area contributed by atoms with Crippen molar-refractivity contribution in [2.24, 2.45) is 5.92 Å². The van der Waals surface area contributed by atoms with Crippen molar-refractivity contribution in [1.82, 2.24) is 0 Å². The molecule has 2 nitrogen and oxygen atoms in total. The molecule has 1 aromatic heterocycles. The molecule has 1 saturated carbocycles. The highest BCUT2D eigenvalue weighted by Gasteiger charge is 2.43. The van der Waals surface area contributed by atoms with Crippen molar-refractivity contribution in [3.05, 3.63) is 24.2 Å². The van der Waals surface area contributed by atoms with Crippen molar-refractivity contribution in [3.8, 4) is 0 Å². The fourth-order valence-corrected chi connectivity index (χ4v) is 1.46. The molecule has 0 radical (unpaired) electrons. The highest BCUT2D eigenvalue weighted by atomic mass is 16.3. The second-order valence-electron chi connectivity index (χ2n) is 3.07. The molecular formula is C9H10O2. The van der Waals surface area contributed by atoms with Gasteiger partial charge in [-0.2, -0.15) is 0 Å². The Labute approximate surface area is 65.2 Å². The molecule has 0 saturated heterocycles. The Morgan fingerprint density at radius 3 is 3.00 bits per heavy atom. The number of ketones is 1. The van der Waals surface area contributed by atoms with Crippen LogP contribution in [-0.2, 0) is 4.79 Å². The summed E-state index contributed by atoms with van der Waals surface area (Å²) in [5.41, 5.74) is 0. The average molecular weight is 150 g/mol. The maximum absolute atomic E-state index is 10.9. The molecule has 0 N–H and O–H groups in total. The number of carbonyl (C=O) groups excluding carboxylic acids is 1. The molecule has 0 unspecified atom stereocenters. The van der Waals surface area contributed by atoms with Crippen LogP contribution in [0.1, 0.15) is 25.0 Å². The fraction of sp³-hybridized carbons (Fsp3) is 0.444. The van der Waals surface area contributed by atoms with Gasteiger partial charge in [-0.25, -0.2) is 0 Å². The SMILES string of the molecule is CC(=O)[C@H]1C[C@H]1c1ccco1. The zero-order chi connectivity index (χ0) is 7.84. The molecule has 0 amide bonds. The largest absolute Gasteiger partial charge is 0.469 e. The van der Waals surface area contributed by atoms with Gasteiger partial charge in [0, 0.05) is 11.8 Å². The van der Waals surface area contributed by atoms with Crippen molar-refractivity contribution in [3.63, 3.8) is 0 Å². The van der Waals surface area contributed by atoms with E-state index in [9.17, 15) is 4.79 Å². The van der Waals surface area contributed by atoms with Crippen LogP contribution in [0, 0.1) is 5.92 Å². The van der Waals surface area contributed by atoms with Gasteiger partial charge in [-0.3, -0.25) is 4.79 Å². The molecule has 1 aromatic rings. The first-order valence-corrected chi connectivity index (χ1v) is 3.83. The molecule has 1 aliphatic rings. The van der Waals surface area contributed by atoms with Crippen LogP contribution in [0.2, 0.25) is 0 Å². The maximum atomic E-state index is 10.9. The van der Waals surface area contributed by atoms with E-state index in [2.05, 4.69) is 0 Å². The summed E-state index contributed by atoms with van der Waals surface area (Å²) in [6.45, 7) is 1.65. The van der Waals surface area contributed by atoms with Gasteiger partial charge in [-0.15, -0.1) is 0 Å². The van der Waals surface area contributed by atoms with Gasteiger partial charge in [-0.05, 0) is 25.5 Å². The smallest absolute Gasteiger partial charge is 0.133 e. The summed E-state index contributed by atoms with van der Waals surface area (Å²) in [5.74, 6) is 1.86. The van der Waals surface area contributed by atoms with Gasteiger partial charge >= 0.3 is 0 Å². The lowest BCUT2D eigenvalue weighted by Gasteiger charge is -1.89. The first-order valence-electron chi connectivity index (χ1n) is 3.83. The third kappa shape index (κ3) is 1.09. The van der Waals surface area contributed by atoms with Gasteiger partial charge < -0.3 is 4.42 Å². The van der Waals surface area contributed by atoms with Crippen molar-refractivity contribution in [2.75, 3.05) is 0 Å². The first kappa shape index (κ1) is 6.65. The number of rotatable bonds is 2. The summed E-state index contributed by atoms with van der Waals surface area (Å²) in [7, 11) is 0. The van der Waals surface area contributed by atoms with Crippen LogP contribution < -0.4 is 0 Å². The van der Waals surface area contributed by atoms with E-state index in [1.54, 1.807) is 13.2 Å². The Kier molecular flexibility index (Phi) is 1.34. The van der Waals surface area contributed by atoms with E-state index >= 15 is 0 Å². The highest BCUT2D eigenvalue weighted by molar-refractivity contribution is 5.82. The Morgan fingerprint density at radius 2 is 2.55 bits per heavy atom. The topological polar surface area (TPSA) is 30.2 Å². The third-order valence-corrected chi connectivity index (χ3v) is 2.22. The fourth-order valence-electron chi connectivity index (χ4n) is 1.46. The minimum Gasteiger partial charge on any atom is -0.469 e. The molecular weight excluding hydrogens is 140 g/mol. The zero-order valence-corrected chi connectivity index (χ0v) is 6.41. The lowest BCUT2D eigenvalue weighted by molar-refractivity contribution is -0.118. The second-order valence-corrected chi connectivity index (χ2v) is 3.07. The van der Waals surface area contributed by atoms with E-state index in [1.807, 2.05) is 12.1 Å². The maximum Gasteiger partial charge on any atom is 0.133 e. The molecule has 58 valence electrons. The van der Waals surface area contributed by atoms with Crippen LogP contribution in [0.4, 0.5) is 0 Å². The second kappa shape index (κ2) is 2.22. The third-order valence-electron chi connectivity index (χ3n) is 2.22. The lowest BCUT2D eigenvalue weighted by Crippen LogP contribution is -1.93. The van der Waals surface area contributed by atoms with Crippen LogP contribution in [0.25, 0.3) is 0 Å². The van der Waals surface area contributed by atoms with E-state index in [1.165, 1.54) is 0 Å². The monoisotopic (exact) mass is 150 g/mol. The zero-order valence-electron chi connectivity index (χ0n) is 6.41. The Balaban J connectivity index is 2.08. The quantitative estimate of drug-likeness (QED) is 0.645. The van der Waals surface area contributed by atoms with Crippen molar-refractivity contribution < 1.29 is 9.21 Å². The molecule has 11 heavy (non-hydrogen) atoms. The number of furan rings is 1. The van der Waals surface area contributed by atoms with Crippen molar-refractivity contribution in [2.45, 2.75) is 19.3 Å². The molecule has 1 fully saturated rings. The molecule has 1 aliphatic carbocycles. The van der Waals surface area contributed by atoms with Gasteiger partial charge in [0.25, 0.3) is 0 Å². The Bertz CT molecular complexity index is 261. The number of hydrogen-bond acceptors (Lipinski definition) is 2. The summed E-state index contributed by atoms with van der Waals surface area (Å²) in [5, 5.41) is 0. The molecule has 0 bridgehead atoms. The van der Waals surface area contributed by atoms with Gasteiger partial charge in [0.2, 0.25) is 0 Å². The van der Waals surface area contributed by atoms with Crippen molar-refractivity contribution in [1.29, 1.82) is 0 Å². The van der Waals surface area contributed by atoms with Gasteiger partial charge in [0.1, 0.15) is 11.5 Å². The normalized spacial score (nSPS) is 28.5. The molecule has 1 heterocycles. The van der Waals surface area contributed by atoms with Crippen LogP contribution in [0.15, 0.2) is 22.8 Å². The molecule has 2 heteroatoms. The Hall–Kier alpha value is -1.05. The molecule has 2 rings (SSSR count). The lowest BCUT2D eigenvalue weighted by atomic mass is 10.2. The summed E-state index contributed by atoms with van der Waals surface area (Å²) in [6.07, 6.45) is 2.63. The summed E-state index contributed by atoms with van der Waals surface area (Å²) < 4.78 is 5.19. The predicted octanol–water partition coefficient (Wildman–Crippen LogP) is 1.97. The summed E-state index contributed by atoms with van der Waals surface area (Å²) in [4.78, 5) is 10.9.